The lowest BCUT2D eigenvalue weighted by molar-refractivity contribution is -0.142. The number of hydrogen-bond acceptors (Lipinski definition) is 5. The number of ether oxygens (including phenoxy) is 1. The Labute approximate surface area is 223 Å². The first-order valence-electron chi connectivity index (χ1n) is 11.3. The molecule has 0 radical (unpaired) electrons. The Balaban J connectivity index is 1.46. The van der Waals surface area contributed by atoms with Crippen molar-refractivity contribution in [2.45, 2.75) is 6.18 Å². The third kappa shape index (κ3) is 4.85. The van der Waals surface area contributed by atoms with Gasteiger partial charge in [0.15, 0.2) is 17.0 Å². The second-order valence-electron chi connectivity index (χ2n) is 8.38. The van der Waals surface area contributed by atoms with Crippen molar-refractivity contribution >= 4 is 44.8 Å². The number of halogens is 5. The molecule has 0 N–H and O–H groups in total. The standard InChI is InChI=1S/C25H20BrClF3N5O2/c1-37-19-5-3-2-4-18(19)33-10-12-34(13-11-33)24(36)22-21(27)23-31-17(15-6-8-16(26)9-7-15)14-20(25(28,29)30)35(23)32-22/h2-9,14H,10-13H2,1H3. The Morgan fingerprint density at radius 1 is 1.05 bits per heavy atom. The van der Waals surface area contributed by atoms with Crippen LogP contribution < -0.4 is 9.64 Å². The Hall–Kier alpha value is -3.31. The second-order valence-corrected chi connectivity index (χ2v) is 9.67. The van der Waals surface area contributed by atoms with Crippen molar-refractivity contribution < 1.29 is 22.7 Å². The van der Waals surface area contributed by atoms with E-state index in [2.05, 4.69) is 30.9 Å². The van der Waals surface area contributed by atoms with Crippen molar-refractivity contribution in [1.82, 2.24) is 19.5 Å². The van der Waals surface area contributed by atoms with Crippen LogP contribution in [0.15, 0.2) is 59.1 Å². The van der Waals surface area contributed by atoms with Crippen molar-refractivity contribution in [3.05, 3.63) is 75.5 Å². The summed E-state index contributed by atoms with van der Waals surface area (Å²) in [4.78, 5) is 21.3. The van der Waals surface area contributed by atoms with Gasteiger partial charge in [0.25, 0.3) is 5.91 Å². The highest BCUT2D eigenvalue weighted by atomic mass is 79.9. The van der Waals surface area contributed by atoms with Crippen LogP contribution in [0.2, 0.25) is 5.02 Å². The lowest BCUT2D eigenvalue weighted by atomic mass is 10.1. The van der Waals surface area contributed by atoms with Gasteiger partial charge in [0, 0.05) is 36.2 Å². The fourth-order valence-electron chi connectivity index (χ4n) is 4.29. The molecule has 1 aliphatic heterocycles. The number of hydrogen-bond donors (Lipinski definition) is 0. The average molecular weight is 595 g/mol. The van der Waals surface area contributed by atoms with E-state index in [4.69, 9.17) is 16.3 Å². The summed E-state index contributed by atoms with van der Waals surface area (Å²) in [6.07, 6.45) is -4.75. The minimum Gasteiger partial charge on any atom is -0.495 e. The van der Waals surface area contributed by atoms with Gasteiger partial charge in [0.2, 0.25) is 0 Å². The molecule has 1 aliphatic rings. The van der Waals surface area contributed by atoms with Gasteiger partial charge in [0.05, 0.1) is 18.5 Å². The van der Waals surface area contributed by atoms with Crippen LogP contribution in [0.4, 0.5) is 18.9 Å². The number of amides is 1. The van der Waals surface area contributed by atoms with Gasteiger partial charge in [-0.2, -0.15) is 18.3 Å². The fourth-order valence-corrected chi connectivity index (χ4v) is 4.80. The van der Waals surface area contributed by atoms with Crippen LogP contribution in [-0.4, -0.2) is 58.7 Å². The number of benzene rings is 2. The van der Waals surface area contributed by atoms with Gasteiger partial charge in [-0.15, -0.1) is 0 Å². The lowest BCUT2D eigenvalue weighted by Crippen LogP contribution is -2.49. The molecule has 0 aliphatic carbocycles. The largest absolute Gasteiger partial charge is 0.495 e. The van der Waals surface area contributed by atoms with Crippen molar-refractivity contribution in [2.24, 2.45) is 0 Å². The van der Waals surface area contributed by atoms with E-state index in [0.29, 0.717) is 36.3 Å². The van der Waals surface area contributed by atoms with Crippen molar-refractivity contribution in [1.29, 1.82) is 0 Å². The molecule has 192 valence electrons. The molecular weight excluding hydrogens is 575 g/mol. The first-order chi connectivity index (χ1) is 17.7. The number of alkyl halides is 3. The SMILES string of the molecule is COc1ccccc1N1CCN(C(=O)c2nn3c(C(F)(F)F)cc(-c4ccc(Br)cc4)nc3c2Cl)CC1. The van der Waals surface area contributed by atoms with E-state index >= 15 is 0 Å². The van der Waals surface area contributed by atoms with Crippen molar-refractivity contribution in [3.63, 3.8) is 0 Å². The predicted octanol–water partition coefficient (Wildman–Crippen LogP) is 5.80. The van der Waals surface area contributed by atoms with Gasteiger partial charge >= 0.3 is 6.18 Å². The summed E-state index contributed by atoms with van der Waals surface area (Å²) < 4.78 is 48.8. The highest BCUT2D eigenvalue weighted by molar-refractivity contribution is 9.10. The number of para-hydroxylation sites is 2. The molecule has 2 aromatic heterocycles. The molecule has 1 amide bonds. The number of carbonyl (C=O) groups excluding carboxylic acids is 1. The summed E-state index contributed by atoms with van der Waals surface area (Å²) in [6, 6.07) is 15.2. The van der Waals surface area contributed by atoms with Gasteiger partial charge in [-0.25, -0.2) is 9.50 Å². The molecule has 12 heteroatoms. The number of aromatic nitrogens is 3. The summed E-state index contributed by atoms with van der Waals surface area (Å²) in [5.41, 5.74) is -0.129. The molecule has 0 spiro atoms. The molecule has 0 saturated carbocycles. The summed E-state index contributed by atoms with van der Waals surface area (Å²) in [5, 5.41) is 3.76. The van der Waals surface area contributed by atoms with Gasteiger partial charge in [-0.3, -0.25) is 4.79 Å². The quantitative estimate of drug-likeness (QED) is 0.299. The summed E-state index contributed by atoms with van der Waals surface area (Å²) >= 11 is 9.76. The number of nitrogens with zero attached hydrogens (tertiary/aromatic N) is 5. The topological polar surface area (TPSA) is 63.0 Å². The molecule has 3 heterocycles. The van der Waals surface area contributed by atoms with E-state index in [9.17, 15) is 18.0 Å². The summed E-state index contributed by atoms with van der Waals surface area (Å²) in [6.45, 7) is 1.70. The first kappa shape index (κ1) is 25.3. The smallest absolute Gasteiger partial charge is 0.433 e. The Morgan fingerprint density at radius 2 is 1.73 bits per heavy atom. The molecule has 0 unspecified atom stereocenters. The highest BCUT2D eigenvalue weighted by Crippen LogP contribution is 2.35. The Kier molecular flexibility index (Phi) is 6.76. The number of anilines is 1. The zero-order valence-corrected chi connectivity index (χ0v) is 21.8. The third-order valence-electron chi connectivity index (χ3n) is 6.16. The first-order valence-corrected chi connectivity index (χ1v) is 12.4. The summed E-state index contributed by atoms with van der Waals surface area (Å²) in [5.74, 6) is 0.173. The number of fused-ring (bicyclic) bond motifs is 1. The minimum atomic E-state index is -4.75. The maximum atomic E-state index is 14.0. The third-order valence-corrected chi connectivity index (χ3v) is 7.04. The Morgan fingerprint density at radius 3 is 2.38 bits per heavy atom. The van der Waals surface area contributed by atoms with E-state index in [1.807, 2.05) is 24.3 Å². The molecule has 4 aromatic rings. The zero-order chi connectivity index (χ0) is 26.3. The van der Waals surface area contributed by atoms with Crippen LogP contribution in [0.1, 0.15) is 16.2 Å². The van der Waals surface area contributed by atoms with E-state index in [1.54, 1.807) is 31.4 Å². The van der Waals surface area contributed by atoms with Gasteiger partial charge in [-0.1, -0.05) is 51.8 Å². The van der Waals surface area contributed by atoms with Gasteiger partial charge in [0.1, 0.15) is 10.8 Å². The summed E-state index contributed by atoms with van der Waals surface area (Å²) in [7, 11) is 1.59. The molecular formula is C25H20BrClF3N5O2. The van der Waals surface area contributed by atoms with Crippen molar-refractivity contribution in [2.75, 3.05) is 38.2 Å². The van der Waals surface area contributed by atoms with Gasteiger partial charge < -0.3 is 14.5 Å². The van der Waals surface area contributed by atoms with Crippen LogP contribution in [0.3, 0.4) is 0 Å². The van der Waals surface area contributed by atoms with Gasteiger partial charge in [-0.05, 0) is 30.3 Å². The molecule has 7 nitrogen and oxygen atoms in total. The number of methoxy groups -OCH3 is 1. The van der Waals surface area contributed by atoms with E-state index < -0.39 is 17.8 Å². The lowest BCUT2D eigenvalue weighted by Gasteiger charge is -2.36. The Bertz CT molecular complexity index is 1470. The van der Waals surface area contributed by atoms with E-state index in [-0.39, 0.29) is 22.1 Å². The molecule has 37 heavy (non-hydrogen) atoms. The van der Waals surface area contributed by atoms with Crippen LogP contribution in [0, 0.1) is 0 Å². The van der Waals surface area contributed by atoms with E-state index in [0.717, 1.165) is 22.0 Å². The zero-order valence-electron chi connectivity index (χ0n) is 19.5. The average Bonchev–Trinajstić information content (AvgIpc) is 3.23. The molecule has 1 saturated heterocycles. The van der Waals surface area contributed by atoms with Crippen molar-refractivity contribution in [3.8, 4) is 17.0 Å². The molecule has 0 bridgehead atoms. The normalized spacial score (nSPS) is 14.3. The highest BCUT2D eigenvalue weighted by Gasteiger charge is 2.37. The fraction of sp³-hybridized carbons (Fsp3) is 0.240. The van der Waals surface area contributed by atoms with Crippen LogP contribution >= 0.6 is 27.5 Å². The van der Waals surface area contributed by atoms with Crippen LogP contribution in [0.5, 0.6) is 5.75 Å². The molecule has 2 aromatic carbocycles. The molecule has 0 atom stereocenters. The van der Waals surface area contributed by atoms with E-state index in [1.165, 1.54) is 4.90 Å². The number of piperazine rings is 1. The predicted molar refractivity (Wildman–Crippen MR) is 137 cm³/mol. The monoisotopic (exact) mass is 593 g/mol. The number of carbonyl (C=O) groups is 1. The van der Waals surface area contributed by atoms with Crippen LogP contribution in [-0.2, 0) is 6.18 Å². The molecule has 5 rings (SSSR count). The minimum absolute atomic E-state index is 0.0681. The van der Waals surface area contributed by atoms with Crippen LogP contribution in [0.25, 0.3) is 16.9 Å². The second kappa shape index (κ2) is 9.86. The molecule has 1 fully saturated rings. The number of rotatable bonds is 4. The maximum Gasteiger partial charge on any atom is 0.433 e. The maximum absolute atomic E-state index is 14.0.